The molecule has 0 atom stereocenters. The molecule has 0 aliphatic heterocycles. The molecule has 0 aliphatic rings. The third-order valence-corrected chi connectivity index (χ3v) is 2.39. The normalized spacial score (nSPS) is 10.8. The van der Waals surface area contributed by atoms with Gasteiger partial charge in [0.15, 0.2) is 0 Å². The lowest BCUT2D eigenvalue weighted by molar-refractivity contribution is -0.149. The molecule has 0 saturated carbocycles. The summed E-state index contributed by atoms with van der Waals surface area (Å²) < 4.78 is 14.6. The van der Waals surface area contributed by atoms with Crippen molar-refractivity contribution in [1.29, 1.82) is 0 Å². The Morgan fingerprint density at radius 2 is 1.63 bits per heavy atom. The van der Waals surface area contributed by atoms with Gasteiger partial charge in [0.2, 0.25) is 5.95 Å². The second-order valence-corrected chi connectivity index (χ2v) is 4.36. The molecule has 0 aliphatic carbocycles. The minimum Gasteiger partial charge on any atom is -0.469 e. The van der Waals surface area contributed by atoms with Crippen LogP contribution < -0.4 is 14.8 Å². The maximum atomic E-state index is 11.5. The number of esters is 1. The van der Waals surface area contributed by atoms with Crippen molar-refractivity contribution >= 4 is 11.9 Å². The van der Waals surface area contributed by atoms with Gasteiger partial charge in [0, 0.05) is 6.54 Å². The molecular weight excluding hydrogens is 252 g/mol. The number of methoxy groups -OCH3 is 3. The van der Waals surface area contributed by atoms with Gasteiger partial charge in [-0.05, 0) is 13.8 Å². The lowest BCUT2D eigenvalue weighted by atomic mass is 9.94. The summed E-state index contributed by atoms with van der Waals surface area (Å²) in [6.07, 6.45) is 0. The zero-order valence-corrected chi connectivity index (χ0v) is 11.7. The zero-order valence-electron chi connectivity index (χ0n) is 11.7. The highest BCUT2D eigenvalue weighted by Crippen LogP contribution is 2.18. The SMILES string of the molecule is COC(=O)C(C)(C)CNc1nc(OC)nc(OC)n1. The molecule has 0 unspecified atom stereocenters. The van der Waals surface area contributed by atoms with Crippen molar-refractivity contribution in [1.82, 2.24) is 15.0 Å². The predicted molar refractivity (Wildman–Crippen MR) is 67.2 cm³/mol. The number of aromatic nitrogens is 3. The summed E-state index contributed by atoms with van der Waals surface area (Å²) in [6, 6.07) is 0.260. The van der Waals surface area contributed by atoms with Gasteiger partial charge in [-0.2, -0.15) is 9.97 Å². The lowest BCUT2D eigenvalue weighted by Gasteiger charge is -2.21. The fraction of sp³-hybridized carbons (Fsp3) is 0.636. The lowest BCUT2D eigenvalue weighted by Crippen LogP contribution is -2.33. The highest BCUT2D eigenvalue weighted by molar-refractivity contribution is 5.76. The van der Waals surface area contributed by atoms with Crippen LogP contribution in [0.3, 0.4) is 0 Å². The molecule has 8 heteroatoms. The number of ether oxygens (including phenoxy) is 3. The van der Waals surface area contributed by atoms with Gasteiger partial charge in [-0.25, -0.2) is 0 Å². The second kappa shape index (κ2) is 6.17. The zero-order chi connectivity index (χ0) is 14.5. The summed E-state index contributed by atoms with van der Waals surface area (Å²) in [4.78, 5) is 23.4. The van der Waals surface area contributed by atoms with Crippen LogP contribution in [0.15, 0.2) is 0 Å². The quantitative estimate of drug-likeness (QED) is 0.746. The van der Waals surface area contributed by atoms with Crippen molar-refractivity contribution in [2.75, 3.05) is 33.2 Å². The van der Waals surface area contributed by atoms with Gasteiger partial charge in [0.05, 0.1) is 26.7 Å². The summed E-state index contributed by atoms with van der Waals surface area (Å²) in [5, 5.41) is 2.93. The number of hydrogen-bond donors (Lipinski definition) is 1. The fourth-order valence-electron chi connectivity index (χ4n) is 1.25. The summed E-state index contributed by atoms with van der Waals surface area (Å²) >= 11 is 0. The Labute approximate surface area is 111 Å². The molecule has 1 rings (SSSR count). The minimum absolute atomic E-state index is 0.130. The van der Waals surface area contributed by atoms with E-state index >= 15 is 0 Å². The first kappa shape index (κ1) is 14.9. The van der Waals surface area contributed by atoms with Crippen LogP contribution in [0.25, 0.3) is 0 Å². The van der Waals surface area contributed by atoms with Gasteiger partial charge in [-0.1, -0.05) is 0 Å². The van der Waals surface area contributed by atoms with E-state index in [4.69, 9.17) is 14.2 Å². The van der Waals surface area contributed by atoms with Crippen molar-refractivity contribution in [2.24, 2.45) is 5.41 Å². The Morgan fingerprint density at radius 3 is 2.05 bits per heavy atom. The summed E-state index contributed by atoms with van der Waals surface area (Å²) in [5.41, 5.74) is -0.706. The minimum atomic E-state index is -0.706. The van der Waals surface area contributed by atoms with Gasteiger partial charge in [-0.3, -0.25) is 4.79 Å². The van der Waals surface area contributed by atoms with E-state index in [-0.39, 0.29) is 23.9 Å². The number of nitrogens with zero attached hydrogens (tertiary/aromatic N) is 3. The standard InChI is InChI=1S/C11H18N4O4/c1-11(2,7(16)17-3)6-12-8-13-9(18-4)15-10(14-8)19-5/h6H2,1-5H3,(H,12,13,14,15). The molecular formula is C11H18N4O4. The van der Waals surface area contributed by atoms with Crippen LogP contribution in [0, 0.1) is 5.41 Å². The van der Waals surface area contributed by atoms with E-state index in [1.165, 1.54) is 21.3 Å². The Hall–Kier alpha value is -2.12. The van der Waals surface area contributed by atoms with E-state index in [2.05, 4.69) is 20.3 Å². The van der Waals surface area contributed by atoms with Crippen molar-refractivity contribution in [3.05, 3.63) is 0 Å². The van der Waals surface area contributed by atoms with Crippen molar-refractivity contribution < 1.29 is 19.0 Å². The molecule has 1 aromatic rings. The smallest absolute Gasteiger partial charge is 0.324 e. The highest BCUT2D eigenvalue weighted by Gasteiger charge is 2.28. The highest BCUT2D eigenvalue weighted by atomic mass is 16.5. The number of rotatable bonds is 6. The maximum absolute atomic E-state index is 11.5. The maximum Gasteiger partial charge on any atom is 0.324 e. The van der Waals surface area contributed by atoms with Crippen molar-refractivity contribution in [3.8, 4) is 12.0 Å². The summed E-state index contributed by atoms with van der Waals surface area (Å²) in [7, 11) is 4.23. The third-order valence-electron chi connectivity index (χ3n) is 2.39. The molecule has 0 radical (unpaired) electrons. The molecule has 0 aromatic carbocycles. The van der Waals surface area contributed by atoms with Crippen LogP contribution in [-0.2, 0) is 9.53 Å². The van der Waals surface area contributed by atoms with Gasteiger partial charge in [0.1, 0.15) is 0 Å². The summed E-state index contributed by atoms with van der Waals surface area (Å²) in [5.74, 6) is -0.0614. The number of hydrogen-bond acceptors (Lipinski definition) is 8. The Kier molecular flexibility index (Phi) is 4.85. The molecule has 0 saturated heterocycles. The molecule has 1 aromatic heterocycles. The fourth-order valence-corrected chi connectivity index (χ4v) is 1.25. The van der Waals surface area contributed by atoms with Crippen LogP contribution in [0.4, 0.5) is 5.95 Å². The molecule has 0 fully saturated rings. The van der Waals surface area contributed by atoms with Crippen LogP contribution in [0.1, 0.15) is 13.8 Å². The van der Waals surface area contributed by atoms with Crippen molar-refractivity contribution in [3.63, 3.8) is 0 Å². The van der Waals surface area contributed by atoms with Crippen LogP contribution in [0.2, 0.25) is 0 Å². The molecule has 19 heavy (non-hydrogen) atoms. The van der Waals surface area contributed by atoms with Gasteiger partial charge >= 0.3 is 18.0 Å². The van der Waals surface area contributed by atoms with E-state index in [1.54, 1.807) is 13.8 Å². The Balaban J connectivity index is 2.80. The van der Waals surface area contributed by atoms with Gasteiger partial charge in [-0.15, -0.1) is 4.98 Å². The molecule has 0 bridgehead atoms. The van der Waals surface area contributed by atoms with Crippen molar-refractivity contribution in [2.45, 2.75) is 13.8 Å². The second-order valence-electron chi connectivity index (χ2n) is 4.36. The monoisotopic (exact) mass is 270 g/mol. The van der Waals surface area contributed by atoms with Gasteiger partial charge < -0.3 is 19.5 Å². The largest absolute Gasteiger partial charge is 0.469 e. The van der Waals surface area contributed by atoms with E-state index in [0.717, 1.165) is 0 Å². The first-order valence-corrected chi connectivity index (χ1v) is 5.59. The summed E-state index contributed by atoms with van der Waals surface area (Å²) in [6.45, 7) is 3.80. The average Bonchev–Trinajstić information content (AvgIpc) is 2.43. The van der Waals surface area contributed by atoms with E-state index in [1.807, 2.05) is 0 Å². The van der Waals surface area contributed by atoms with Crippen LogP contribution >= 0.6 is 0 Å². The molecule has 106 valence electrons. The van der Waals surface area contributed by atoms with E-state index in [9.17, 15) is 4.79 Å². The molecule has 0 spiro atoms. The molecule has 8 nitrogen and oxygen atoms in total. The first-order chi connectivity index (χ1) is 8.92. The van der Waals surface area contributed by atoms with Crippen LogP contribution in [0.5, 0.6) is 12.0 Å². The number of anilines is 1. The van der Waals surface area contributed by atoms with E-state index in [0.29, 0.717) is 6.54 Å². The average molecular weight is 270 g/mol. The molecule has 0 amide bonds. The van der Waals surface area contributed by atoms with Gasteiger partial charge in [0.25, 0.3) is 0 Å². The topological polar surface area (TPSA) is 95.5 Å². The van der Waals surface area contributed by atoms with E-state index < -0.39 is 5.41 Å². The first-order valence-electron chi connectivity index (χ1n) is 5.59. The Bertz CT molecular complexity index is 428. The van der Waals surface area contributed by atoms with Crippen LogP contribution in [-0.4, -0.2) is 48.8 Å². The number of carbonyl (C=O) groups is 1. The third kappa shape index (κ3) is 3.94. The Morgan fingerprint density at radius 1 is 1.11 bits per heavy atom. The molecule has 1 heterocycles. The predicted octanol–water partition coefficient (Wildman–Crippen LogP) is 0.500. The number of carbonyl (C=O) groups excluding carboxylic acids is 1. The number of nitrogens with one attached hydrogen (secondary N) is 1. The molecule has 1 N–H and O–H groups in total.